The van der Waals surface area contributed by atoms with Gasteiger partial charge in [-0.25, -0.2) is 0 Å². The maximum absolute atomic E-state index is 11.4. The van der Waals surface area contributed by atoms with Gasteiger partial charge in [-0.1, -0.05) is 18.2 Å². The van der Waals surface area contributed by atoms with Crippen LogP contribution in [0.25, 0.3) is 0 Å². The van der Waals surface area contributed by atoms with E-state index in [-0.39, 0.29) is 11.9 Å². The van der Waals surface area contributed by atoms with E-state index >= 15 is 0 Å². The van der Waals surface area contributed by atoms with Crippen LogP contribution in [0.5, 0.6) is 5.75 Å². The SMILES string of the molecule is COC(=O)C1CCN(CCCOc2ccccc2)CC1. The van der Waals surface area contributed by atoms with Gasteiger partial charge in [-0.05, 0) is 44.5 Å². The first-order chi connectivity index (χ1) is 9.79. The van der Waals surface area contributed by atoms with Crippen LogP contribution in [0.1, 0.15) is 19.3 Å². The number of piperidine rings is 1. The Balaban J connectivity index is 1.58. The number of carbonyl (C=O) groups excluding carboxylic acids is 1. The van der Waals surface area contributed by atoms with Crippen molar-refractivity contribution in [3.63, 3.8) is 0 Å². The number of nitrogens with zero attached hydrogens (tertiary/aromatic N) is 1. The monoisotopic (exact) mass is 277 g/mol. The summed E-state index contributed by atoms with van der Waals surface area (Å²) in [6.07, 6.45) is 2.83. The molecule has 0 saturated carbocycles. The average Bonchev–Trinajstić information content (AvgIpc) is 2.52. The highest BCUT2D eigenvalue weighted by Gasteiger charge is 2.25. The minimum absolute atomic E-state index is 0.0583. The summed E-state index contributed by atoms with van der Waals surface area (Å²) in [4.78, 5) is 13.8. The standard InChI is InChI=1S/C16H23NO3/c1-19-16(18)14-8-11-17(12-9-14)10-5-13-20-15-6-3-2-4-7-15/h2-4,6-7,14H,5,8-13H2,1H3. The summed E-state index contributed by atoms with van der Waals surface area (Å²) in [6, 6.07) is 9.89. The molecule has 1 fully saturated rings. The molecule has 1 aliphatic heterocycles. The maximum Gasteiger partial charge on any atom is 0.308 e. The molecule has 0 N–H and O–H groups in total. The highest BCUT2D eigenvalue weighted by atomic mass is 16.5. The van der Waals surface area contributed by atoms with Crippen molar-refractivity contribution >= 4 is 5.97 Å². The van der Waals surface area contributed by atoms with E-state index in [1.807, 2.05) is 30.3 Å². The van der Waals surface area contributed by atoms with E-state index in [1.165, 1.54) is 7.11 Å². The van der Waals surface area contributed by atoms with E-state index < -0.39 is 0 Å². The fraction of sp³-hybridized carbons (Fsp3) is 0.562. The smallest absolute Gasteiger partial charge is 0.308 e. The van der Waals surface area contributed by atoms with E-state index in [9.17, 15) is 4.79 Å². The molecule has 1 heterocycles. The predicted octanol–water partition coefficient (Wildman–Crippen LogP) is 2.34. The molecule has 1 aromatic carbocycles. The molecule has 0 spiro atoms. The summed E-state index contributed by atoms with van der Waals surface area (Å²) < 4.78 is 10.5. The lowest BCUT2D eigenvalue weighted by molar-refractivity contribution is -0.147. The minimum Gasteiger partial charge on any atom is -0.494 e. The zero-order chi connectivity index (χ0) is 14.2. The van der Waals surface area contributed by atoms with Crippen molar-refractivity contribution in [3.05, 3.63) is 30.3 Å². The van der Waals surface area contributed by atoms with Gasteiger partial charge in [0.25, 0.3) is 0 Å². The van der Waals surface area contributed by atoms with Gasteiger partial charge in [0.05, 0.1) is 19.6 Å². The van der Waals surface area contributed by atoms with Gasteiger partial charge in [0.15, 0.2) is 0 Å². The highest BCUT2D eigenvalue weighted by Crippen LogP contribution is 2.18. The first-order valence-corrected chi connectivity index (χ1v) is 7.27. The van der Waals surface area contributed by atoms with Crippen LogP contribution < -0.4 is 4.74 Å². The number of hydrogen-bond donors (Lipinski definition) is 0. The van der Waals surface area contributed by atoms with E-state index in [1.54, 1.807) is 0 Å². The number of rotatable bonds is 6. The lowest BCUT2D eigenvalue weighted by atomic mass is 9.97. The van der Waals surface area contributed by atoms with E-state index in [0.29, 0.717) is 0 Å². The molecule has 4 heteroatoms. The number of methoxy groups -OCH3 is 1. The van der Waals surface area contributed by atoms with Crippen LogP contribution in [0.2, 0.25) is 0 Å². The first-order valence-electron chi connectivity index (χ1n) is 7.27. The third-order valence-electron chi connectivity index (χ3n) is 3.75. The highest BCUT2D eigenvalue weighted by molar-refractivity contribution is 5.72. The lowest BCUT2D eigenvalue weighted by Crippen LogP contribution is -2.37. The van der Waals surface area contributed by atoms with Crippen LogP contribution in [0.15, 0.2) is 30.3 Å². The van der Waals surface area contributed by atoms with Crippen LogP contribution in [-0.2, 0) is 9.53 Å². The number of ether oxygens (including phenoxy) is 2. The maximum atomic E-state index is 11.4. The molecule has 1 saturated heterocycles. The Morgan fingerprint density at radius 3 is 2.60 bits per heavy atom. The Morgan fingerprint density at radius 1 is 1.25 bits per heavy atom. The molecule has 4 nitrogen and oxygen atoms in total. The molecule has 1 aliphatic rings. The molecule has 0 radical (unpaired) electrons. The Labute approximate surface area is 120 Å². The quantitative estimate of drug-likeness (QED) is 0.591. The molecule has 110 valence electrons. The van der Waals surface area contributed by atoms with Crippen molar-refractivity contribution < 1.29 is 14.3 Å². The van der Waals surface area contributed by atoms with Gasteiger partial charge in [0.2, 0.25) is 0 Å². The Morgan fingerprint density at radius 2 is 1.95 bits per heavy atom. The van der Waals surface area contributed by atoms with Crippen molar-refractivity contribution in [3.8, 4) is 5.75 Å². The van der Waals surface area contributed by atoms with Gasteiger partial charge in [0.1, 0.15) is 5.75 Å². The van der Waals surface area contributed by atoms with E-state index in [0.717, 1.165) is 51.3 Å². The number of hydrogen-bond acceptors (Lipinski definition) is 4. The Bertz CT molecular complexity index is 399. The fourth-order valence-corrected chi connectivity index (χ4v) is 2.55. The lowest BCUT2D eigenvalue weighted by Gasteiger charge is -2.30. The largest absolute Gasteiger partial charge is 0.494 e. The Hall–Kier alpha value is -1.55. The molecule has 1 aromatic rings. The van der Waals surface area contributed by atoms with Crippen LogP contribution >= 0.6 is 0 Å². The second kappa shape index (κ2) is 7.90. The normalized spacial score (nSPS) is 16.9. The van der Waals surface area contributed by atoms with Crippen molar-refractivity contribution in [2.75, 3.05) is 33.4 Å². The van der Waals surface area contributed by atoms with Gasteiger partial charge in [0, 0.05) is 6.54 Å². The zero-order valence-electron chi connectivity index (χ0n) is 12.1. The minimum atomic E-state index is -0.0583. The molecule has 0 atom stereocenters. The van der Waals surface area contributed by atoms with Crippen molar-refractivity contribution in [2.24, 2.45) is 5.92 Å². The summed E-state index contributed by atoms with van der Waals surface area (Å²) in [5.74, 6) is 0.964. The molecule has 0 unspecified atom stereocenters. The third kappa shape index (κ3) is 4.53. The van der Waals surface area contributed by atoms with Crippen LogP contribution in [0.4, 0.5) is 0 Å². The Kier molecular flexibility index (Phi) is 5.87. The summed E-state index contributed by atoms with van der Waals surface area (Å²) in [5.41, 5.74) is 0. The zero-order valence-corrected chi connectivity index (χ0v) is 12.1. The second-order valence-electron chi connectivity index (χ2n) is 5.15. The molecule has 0 aromatic heterocycles. The van der Waals surface area contributed by atoms with Gasteiger partial charge in [-0.15, -0.1) is 0 Å². The number of para-hydroxylation sites is 1. The number of benzene rings is 1. The summed E-state index contributed by atoms with van der Waals surface area (Å²) >= 11 is 0. The van der Waals surface area contributed by atoms with E-state index in [4.69, 9.17) is 9.47 Å². The van der Waals surface area contributed by atoms with E-state index in [2.05, 4.69) is 4.90 Å². The average molecular weight is 277 g/mol. The third-order valence-corrected chi connectivity index (χ3v) is 3.75. The topological polar surface area (TPSA) is 38.8 Å². The number of likely N-dealkylation sites (tertiary alicyclic amines) is 1. The molecule has 0 amide bonds. The van der Waals surface area contributed by atoms with Gasteiger partial charge in [-0.3, -0.25) is 4.79 Å². The molecular formula is C16H23NO3. The van der Waals surface area contributed by atoms with Crippen molar-refractivity contribution in [1.82, 2.24) is 4.90 Å². The number of esters is 1. The summed E-state index contributed by atoms with van der Waals surface area (Å²) in [6.45, 7) is 3.72. The molecule has 0 bridgehead atoms. The molecule has 0 aliphatic carbocycles. The number of carbonyl (C=O) groups is 1. The summed E-state index contributed by atoms with van der Waals surface area (Å²) in [5, 5.41) is 0. The van der Waals surface area contributed by atoms with Gasteiger partial charge >= 0.3 is 5.97 Å². The summed E-state index contributed by atoms with van der Waals surface area (Å²) in [7, 11) is 1.47. The predicted molar refractivity (Wildman–Crippen MR) is 77.7 cm³/mol. The van der Waals surface area contributed by atoms with Gasteiger partial charge in [-0.2, -0.15) is 0 Å². The van der Waals surface area contributed by atoms with Crippen molar-refractivity contribution in [1.29, 1.82) is 0 Å². The molecule has 20 heavy (non-hydrogen) atoms. The molecule has 2 rings (SSSR count). The fourth-order valence-electron chi connectivity index (χ4n) is 2.55. The van der Waals surface area contributed by atoms with Crippen molar-refractivity contribution in [2.45, 2.75) is 19.3 Å². The van der Waals surface area contributed by atoms with Gasteiger partial charge < -0.3 is 14.4 Å². The second-order valence-corrected chi connectivity index (χ2v) is 5.15. The van der Waals surface area contributed by atoms with Crippen LogP contribution in [-0.4, -0.2) is 44.2 Å². The first kappa shape index (κ1) is 14.9. The van der Waals surface area contributed by atoms with Crippen LogP contribution in [0.3, 0.4) is 0 Å². The van der Waals surface area contributed by atoms with Crippen LogP contribution in [0, 0.1) is 5.92 Å². The molecular weight excluding hydrogens is 254 g/mol.